The number of esters is 1. The molecule has 0 aliphatic heterocycles. The van der Waals surface area contributed by atoms with Gasteiger partial charge < -0.3 is 14.2 Å². The summed E-state index contributed by atoms with van der Waals surface area (Å²) in [4.78, 5) is 13.2. The second kappa shape index (κ2) is 5.71. The van der Waals surface area contributed by atoms with Crippen molar-refractivity contribution < 1.29 is 31.3 Å². The van der Waals surface area contributed by atoms with E-state index in [-0.39, 0.29) is 5.56 Å². The van der Waals surface area contributed by atoms with Crippen molar-refractivity contribution in [3.63, 3.8) is 0 Å². The number of alkyl halides is 2. The van der Waals surface area contributed by atoms with Gasteiger partial charge in [0, 0.05) is 19.8 Å². The smallest absolute Gasteiger partial charge is 0.367 e. The fourth-order valence-corrected chi connectivity index (χ4v) is 1.40. The standard InChI is InChI=1S/C11H13F2NO5S/c1-14(2)9-5-3-8(4-6-9)10(15)19-7-11(12,13)20(16,17)18/h3-6H,7H2,1-2H3,(H,16,17,18)/p-1. The van der Waals surface area contributed by atoms with Crippen LogP contribution >= 0.6 is 0 Å². The number of carbonyl (C=O) groups is 1. The van der Waals surface area contributed by atoms with Gasteiger partial charge in [-0.1, -0.05) is 0 Å². The molecule has 0 amide bonds. The van der Waals surface area contributed by atoms with Gasteiger partial charge in [0.25, 0.3) is 0 Å². The Hall–Kier alpha value is -1.74. The Morgan fingerprint density at radius 3 is 2.20 bits per heavy atom. The summed E-state index contributed by atoms with van der Waals surface area (Å²) in [6.07, 6.45) is 0. The fourth-order valence-electron chi connectivity index (χ4n) is 1.20. The summed E-state index contributed by atoms with van der Waals surface area (Å²) in [6, 6.07) is 5.78. The van der Waals surface area contributed by atoms with Gasteiger partial charge in [0.15, 0.2) is 16.7 Å². The molecule has 1 rings (SSSR count). The number of rotatable bonds is 5. The Balaban J connectivity index is 2.73. The molecule has 6 nitrogen and oxygen atoms in total. The van der Waals surface area contributed by atoms with E-state index >= 15 is 0 Å². The molecule has 1 aromatic rings. The van der Waals surface area contributed by atoms with Crippen LogP contribution in [0.3, 0.4) is 0 Å². The van der Waals surface area contributed by atoms with E-state index in [9.17, 15) is 26.5 Å². The number of hydrogen-bond acceptors (Lipinski definition) is 6. The summed E-state index contributed by atoms with van der Waals surface area (Å²) in [5.41, 5.74) is 0.740. The van der Waals surface area contributed by atoms with Crippen LogP contribution in [0.4, 0.5) is 14.5 Å². The molecule has 0 fully saturated rings. The predicted octanol–water partition coefficient (Wildman–Crippen LogP) is 1.05. The number of carbonyl (C=O) groups excluding carboxylic acids is 1. The Bertz CT molecular complexity index is 583. The second-order valence-electron chi connectivity index (χ2n) is 4.11. The number of nitrogens with zero attached hydrogens (tertiary/aromatic N) is 1. The Labute approximate surface area is 114 Å². The summed E-state index contributed by atoms with van der Waals surface area (Å²) in [6.45, 7) is -1.81. The van der Waals surface area contributed by atoms with Crippen molar-refractivity contribution >= 4 is 21.8 Å². The van der Waals surface area contributed by atoms with E-state index in [4.69, 9.17) is 0 Å². The van der Waals surface area contributed by atoms with Gasteiger partial charge >= 0.3 is 11.2 Å². The molecule has 0 radical (unpaired) electrons. The Kier molecular flexibility index (Phi) is 4.66. The highest BCUT2D eigenvalue weighted by atomic mass is 32.2. The average Bonchev–Trinajstić information content (AvgIpc) is 2.34. The van der Waals surface area contributed by atoms with Crippen LogP contribution in [0.2, 0.25) is 0 Å². The van der Waals surface area contributed by atoms with Gasteiger partial charge in [0.2, 0.25) is 0 Å². The molecule has 0 aliphatic carbocycles. The quantitative estimate of drug-likeness (QED) is 0.597. The number of hydrogen-bond donors (Lipinski definition) is 0. The Morgan fingerprint density at radius 1 is 1.30 bits per heavy atom. The minimum absolute atomic E-state index is 0.0327. The third kappa shape index (κ3) is 3.87. The molecule has 0 unspecified atom stereocenters. The lowest BCUT2D eigenvalue weighted by atomic mass is 10.2. The van der Waals surface area contributed by atoms with Gasteiger partial charge in [-0.25, -0.2) is 13.2 Å². The molecule has 0 atom stereocenters. The molecule has 0 N–H and O–H groups in total. The maximum absolute atomic E-state index is 12.8. The first-order valence-electron chi connectivity index (χ1n) is 5.32. The van der Waals surface area contributed by atoms with E-state index in [1.807, 2.05) is 0 Å². The van der Waals surface area contributed by atoms with Crippen molar-refractivity contribution in [3.8, 4) is 0 Å². The van der Waals surface area contributed by atoms with E-state index in [0.29, 0.717) is 0 Å². The first kappa shape index (κ1) is 16.3. The molecule has 0 aromatic heterocycles. The van der Waals surface area contributed by atoms with Crippen LogP contribution in [0, 0.1) is 0 Å². The van der Waals surface area contributed by atoms with E-state index in [1.54, 1.807) is 31.1 Å². The zero-order chi connectivity index (χ0) is 15.6. The highest BCUT2D eigenvalue weighted by molar-refractivity contribution is 7.86. The number of anilines is 1. The first-order chi connectivity index (χ1) is 9.04. The van der Waals surface area contributed by atoms with Gasteiger partial charge in [-0.3, -0.25) is 0 Å². The van der Waals surface area contributed by atoms with Crippen LogP contribution in [-0.4, -0.2) is 44.9 Å². The molecule has 1 aromatic carbocycles. The molecule has 0 spiro atoms. The summed E-state index contributed by atoms with van der Waals surface area (Å²) in [5, 5.41) is -4.65. The van der Waals surface area contributed by atoms with Crippen LogP contribution in [0.5, 0.6) is 0 Å². The molecular formula is C11H12F2NO5S-. The number of halogens is 2. The Morgan fingerprint density at radius 2 is 1.80 bits per heavy atom. The van der Waals surface area contributed by atoms with Gasteiger partial charge in [-0.15, -0.1) is 0 Å². The van der Waals surface area contributed by atoms with Crippen molar-refractivity contribution in [1.82, 2.24) is 0 Å². The topological polar surface area (TPSA) is 86.7 Å². The highest BCUT2D eigenvalue weighted by Gasteiger charge is 2.39. The second-order valence-corrected chi connectivity index (χ2v) is 5.61. The lowest BCUT2D eigenvalue weighted by molar-refractivity contribution is -0.00996. The number of benzene rings is 1. The fraction of sp³-hybridized carbons (Fsp3) is 0.364. The predicted molar refractivity (Wildman–Crippen MR) is 65.7 cm³/mol. The van der Waals surface area contributed by atoms with Crippen LogP contribution in [0.25, 0.3) is 0 Å². The molecule has 112 valence electrons. The van der Waals surface area contributed by atoms with E-state index in [0.717, 1.165) is 5.69 Å². The SMILES string of the molecule is CN(C)c1ccc(C(=O)OCC(F)(F)S(=O)(=O)[O-])cc1. The van der Waals surface area contributed by atoms with Crippen molar-refractivity contribution in [2.75, 3.05) is 25.6 Å². The maximum Gasteiger partial charge on any atom is 0.367 e. The molecule has 0 saturated carbocycles. The molecule has 9 heteroatoms. The summed E-state index contributed by atoms with van der Waals surface area (Å²) >= 11 is 0. The highest BCUT2D eigenvalue weighted by Crippen LogP contribution is 2.21. The van der Waals surface area contributed by atoms with Crippen molar-refractivity contribution in [3.05, 3.63) is 29.8 Å². The van der Waals surface area contributed by atoms with Gasteiger partial charge in [0.1, 0.15) is 0 Å². The zero-order valence-corrected chi connectivity index (χ0v) is 11.5. The van der Waals surface area contributed by atoms with E-state index in [2.05, 4.69) is 4.74 Å². The molecule has 0 saturated heterocycles. The zero-order valence-electron chi connectivity index (χ0n) is 10.7. The third-order valence-electron chi connectivity index (χ3n) is 2.36. The van der Waals surface area contributed by atoms with Crippen LogP contribution < -0.4 is 4.90 Å². The molecular weight excluding hydrogens is 296 g/mol. The molecule has 0 heterocycles. The molecule has 0 bridgehead atoms. The van der Waals surface area contributed by atoms with Crippen molar-refractivity contribution in [1.29, 1.82) is 0 Å². The summed E-state index contributed by atoms with van der Waals surface area (Å²) < 4.78 is 60.4. The third-order valence-corrected chi connectivity index (χ3v) is 3.21. The van der Waals surface area contributed by atoms with Crippen molar-refractivity contribution in [2.24, 2.45) is 0 Å². The van der Waals surface area contributed by atoms with Crippen LogP contribution in [-0.2, 0) is 14.9 Å². The molecule has 0 aliphatic rings. The summed E-state index contributed by atoms with van der Waals surface area (Å²) in [5.74, 6) is -1.14. The minimum atomic E-state index is -5.87. The minimum Gasteiger partial charge on any atom is -0.743 e. The van der Waals surface area contributed by atoms with E-state index in [1.165, 1.54) is 12.1 Å². The lowest BCUT2D eigenvalue weighted by Gasteiger charge is -2.19. The van der Waals surface area contributed by atoms with Crippen molar-refractivity contribution in [2.45, 2.75) is 5.25 Å². The first-order valence-corrected chi connectivity index (χ1v) is 6.73. The summed E-state index contributed by atoms with van der Waals surface area (Å²) in [7, 11) is -2.32. The molecule has 20 heavy (non-hydrogen) atoms. The van der Waals surface area contributed by atoms with Gasteiger partial charge in [-0.05, 0) is 24.3 Å². The van der Waals surface area contributed by atoms with E-state index < -0.39 is 27.9 Å². The van der Waals surface area contributed by atoms with Crippen LogP contribution in [0.15, 0.2) is 24.3 Å². The van der Waals surface area contributed by atoms with Gasteiger partial charge in [0.05, 0.1) is 5.56 Å². The lowest BCUT2D eigenvalue weighted by Crippen LogP contribution is -2.34. The average molecular weight is 308 g/mol. The maximum atomic E-state index is 12.8. The largest absolute Gasteiger partial charge is 0.743 e. The number of ether oxygens (including phenoxy) is 1. The van der Waals surface area contributed by atoms with Crippen LogP contribution in [0.1, 0.15) is 10.4 Å². The van der Waals surface area contributed by atoms with Gasteiger partial charge in [-0.2, -0.15) is 8.78 Å². The normalized spacial score (nSPS) is 12.1. The monoisotopic (exact) mass is 308 g/mol.